The number of para-hydroxylation sites is 1. The minimum absolute atomic E-state index is 0.0611. The first-order valence-electron chi connectivity index (χ1n) is 8.49. The van der Waals surface area contributed by atoms with Crippen LogP contribution in [-0.2, 0) is 32.0 Å². The Bertz CT molecular complexity index is 764. The quantitative estimate of drug-likeness (QED) is 0.791. The van der Waals surface area contributed by atoms with E-state index in [1.165, 1.54) is 5.69 Å². The highest BCUT2D eigenvalue weighted by Crippen LogP contribution is 2.39. The highest BCUT2D eigenvalue weighted by Gasteiger charge is 2.45. The number of aromatic nitrogens is 1. The van der Waals surface area contributed by atoms with Gasteiger partial charge >= 0.3 is 11.9 Å². The molecule has 0 spiro atoms. The summed E-state index contributed by atoms with van der Waals surface area (Å²) in [6, 6.07) is 10.3. The van der Waals surface area contributed by atoms with E-state index in [4.69, 9.17) is 9.47 Å². The minimum Gasteiger partial charge on any atom is -0.466 e. The van der Waals surface area contributed by atoms with Crippen molar-refractivity contribution in [2.75, 3.05) is 13.2 Å². The molecule has 0 radical (unpaired) electrons. The summed E-state index contributed by atoms with van der Waals surface area (Å²) in [4.78, 5) is 24.8. The van der Waals surface area contributed by atoms with Gasteiger partial charge in [0.1, 0.15) is 0 Å². The predicted molar refractivity (Wildman–Crippen MR) is 90.6 cm³/mol. The lowest BCUT2D eigenvalue weighted by Gasteiger charge is -2.35. The molecule has 5 heteroatoms. The molecule has 2 heterocycles. The lowest BCUT2D eigenvalue weighted by molar-refractivity contribution is -0.164. The molecule has 3 rings (SSSR count). The fourth-order valence-corrected chi connectivity index (χ4v) is 3.57. The van der Waals surface area contributed by atoms with E-state index >= 15 is 0 Å². The number of ether oxygens (including phenoxy) is 2. The number of nitrogens with zero attached hydrogens (tertiary/aromatic N) is 1. The van der Waals surface area contributed by atoms with Crippen LogP contribution in [0.15, 0.2) is 30.3 Å². The summed E-state index contributed by atoms with van der Waals surface area (Å²) >= 11 is 0. The van der Waals surface area contributed by atoms with Crippen molar-refractivity contribution in [2.45, 2.75) is 39.7 Å². The van der Waals surface area contributed by atoms with E-state index in [0.29, 0.717) is 26.2 Å². The molecule has 1 unspecified atom stereocenters. The standard InChI is InChI=1S/C19H23NO4/c1-3-23-17(21)12-19(18(22)24-4-2)10-9-15-11-14-7-5-6-8-16(14)20(15)13-19/h5-8,11H,3-4,9-10,12-13H2,1-2H3. The van der Waals surface area contributed by atoms with Crippen LogP contribution >= 0.6 is 0 Å². The molecule has 24 heavy (non-hydrogen) atoms. The number of hydrogen-bond donors (Lipinski definition) is 0. The molecule has 1 aromatic heterocycles. The lowest BCUT2D eigenvalue weighted by Crippen LogP contribution is -2.43. The summed E-state index contributed by atoms with van der Waals surface area (Å²) in [5.41, 5.74) is 1.43. The molecule has 1 aromatic carbocycles. The summed E-state index contributed by atoms with van der Waals surface area (Å²) < 4.78 is 12.6. The number of benzene rings is 1. The third-order valence-corrected chi connectivity index (χ3v) is 4.71. The summed E-state index contributed by atoms with van der Waals surface area (Å²) in [5.74, 6) is -0.646. The molecular weight excluding hydrogens is 306 g/mol. The van der Waals surface area contributed by atoms with E-state index in [9.17, 15) is 9.59 Å². The molecule has 2 aromatic rings. The molecule has 1 aliphatic heterocycles. The Balaban J connectivity index is 1.98. The molecular formula is C19H23NO4. The summed E-state index contributed by atoms with van der Waals surface area (Å²) in [5, 5.41) is 1.16. The molecule has 0 fully saturated rings. The third kappa shape index (κ3) is 2.90. The Kier molecular flexibility index (Phi) is 4.60. The highest BCUT2D eigenvalue weighted by atomic mass is 16.5. The number of carbonyl (C=O) groups is 2. The van der Waals surface area contributed by atoms with Crippen molar-refractivity contribution in [2.24, 2.45) is 5.41 Å². The molecule has 1 aliphatic rings. The number of aryl methyl sites for hydroxylation is 1. The monoisotopic (exact) mass is 329 g/mol. The van der Waals surface area contributed by atoms with Gasteiger partial charge in [-0.15, -0.1) is 0 Å². The summed E-state index contributed by atoms with van der Waals surface area (Å²) in [6.45, 7) is 4.63. The first-order valence-corrected chi connectivity index (χ1v) is 8.49. The van der Waals surface area contributed by atoms with Crippen LogP contribution in [0.25, 0.3) is 10.9 Å². The van der Waals surface area contributed by atoms with Gasteiger partial charge in [-0.2, -0.15) is 0 Å². The number of carbonyl (C=O) groups excluding carboxylic acids is 2. The Morgan fingerprint density at radius 1 is 1.17 bits per heavy atom. The third-order valence-electron chi connectivity index (χ3n) is 4.71. The first-order chi connectivity index (χ1) is 11.6. The maximum atomic E-state index is 12.7. The van der Waals surface area contributed by atoms with Gasteiger partial charge < -0.3 is 14.0 Å². The van der Waals surface area contributed by atoms with Gasteiger partial charge in [-0.25, -0.2) is 0 Å². The number of hydrogen-bond acceptors (Lipinski definition) is 4. The smallest absolute Gasteiger partial charge is 0.314 e. The average molecular weight is 329 g/mol. The average Bonchev–Trinajstić information content (AvgIpc) is 2.93. The Labute approximate surface area is 141 Å². The van der Waals surface area contributed by atoms with Crippen LogP contribution in [0.1, 0.15) is 32.4 Å². The zero-order valence-electron chi connectivity index (χ0n) is 14.2. The zero-order valence-corrected chi connectivity index (χ0v) is 14.2. The summed E-state index contributed by atoms with van der Waals surface area (Å²) in [6.07, 6.45) is 1.40. The number of fused-ring (bicyclic) bond motifs is 3. The van der Waals surface area contributed by atoms with Crippen LogP contribution in [0, 0.1) is 5.41 Å². The van der Waals surface area contributed by atoms with Crippen molar-refractivity contribution < 1.29 is 19.1 Å². The largest absolute Gasteiger partial charge is 0.466 e. The highest BCUT2D eigenvalue weighted by molar-refractivity contribution is 5.85. The van der Waals surface area contributed by atoms with Gasteiger partial charge in [0, 0.05) is 17.8 Å². The molecule has 5 nitrogen and oxygen atoms in total. The fraction of sp³-hybridized carbons (Fsp3) is 0.474. The normalized spacial score (nSPS) is 19.8. The van der Waals surface area contributed by atoms with Gasteiger partial charge in [-0.3, -0.25) is 9.59 Å². The van der Waals surface area contributed by atoms with E-state index in [0.717, 1.165) is 17.3 Å². The van der Waals surface area contributed by atoms with Crippen LogP contribution in [0.3, 0.4) is 0 Å². The molecule has 0 saturated carbocycles. The van der Waals surface area contributed by atoms with Crippen molar-refractivity contribution in [1.29, 1.82) is 0 Å². The molecule has 0 N–H and O–H groups in total. The van der Waals surface area contributed by atoms with E-state index in [1.54, 1.807) is 13.8 Å². The van der Waals surface area contributed by atoms with E-state index < -0.39 is 5.41 Å². The maximum Gasteiger partial charge on any atom is 0.314 e. The van der Waals surface area contributed by atoms with Crippen LogP contribution in [0.5, 0.6) is 0 Å². The second kappa shape index (κ2) is 6.67. The predicted octanol–water partition coefficient (Wildman–Crippen LogP) is 3.09. The number of rotatable bonds is 5. The molecule has 128 valence electrons. The molecule has 0 amide bonds. The van der Waals surface area contributed by atoms with Crippen LogP contribution in [-0.4, -0.2) is 29.7 Å². The second-order valence-electron chi connectivity index (χ2n) is 6.26. The van der Waals surface area contributed by atoms with E-state index in [-0.39, 0.29) is 18.4 Å². The van der Waals surface area contributed by atoms with Crippen LogP contribution in [0.2, 0.25) is 0 Å². The van der Waals surface area contributed by atoms with Crippen molar-refractivity contribution in [3.05, 3.63) is 36.0 Å². The van der Waals surface area contributed by atoms with Crippen molar-refractivity contribution in [3.63, 3.8) is 0 Å². The van der Waals surface area contributed by atoms with Gasteiger partial charge in [-0.05, 0) is 44.2 Å². The SMILES string of the molecule is CCOC(=O)CC1(C(=O)OCC)CCc2cc3ccccc3n2C1. The van der Waals surface area contributed by atoms with Gasteiger partial charge in [0.2, 0.25) is 0 Å². The maximum absolute atomic E-state index is 12.7. The second-order valence-corrected chi connectivity index (χ2v) is 6.26. The van der Waals surface area contributed by atoms with Gasteiger partial charge in [0.05, 0.1) is 25.0 Å². The zero-order chi connectivity index (χ0) is 17.2. The van der Waals surface area contributed by atoms with Crippen LogP contribution < -0.4 is 0 Å². The first kappa shape index (κ1) is 16.6. The fourth-order valence-electron chi connectivity index (χ4n) is 3.57. The van der Waals surface area contributed by atoms with Gasteiger partial charge in [0.15, 0.2) is 0 Å². The topological polar surface area (TPSA) is 57.5 Å². The van der Waals surface area contributed by atoms with Crippen molar-refractivity contribution >= 4 is 22.8 Å². The Morgan fingerprint density at radius 2 is 1.92 bits per heavy atom. The molecule has 0 aliphatic carbocycles. The van der Waals surface area contributed by atoms with Crippen molar-refractivity contribution in [1.82, 2.24) is 4.57 Å². The Morgan fingerprint density at radius 3 is 2.67 bits per heavy atom. The van der Waals surface area contributed by atoms with E-state index in [1.807, 2.05) is 18.2 Å². The van der Waals surface area contributed by atoms with E-state index in [2.05, 4.69) is 16.7 Å². The van der Waals surface area contributed by atoms with Gasteiger partial charge in [-0.1, -0.05) is 18.2 Å². The summed E-state index contributed by atoms with van der Waals surface area (Å²) in [7, 11) is 0. The number of esters is 2. The lowest BCUT2D eigenvalue weighted by atomic mass is 9.77. The molecule has 1 atom stereocenters. The Hall–Kier alpha value is -2.30. The van der Waals surface area contributed by atoms with Crippen LogP contribution in [0.4, 0.5) is 0 Å². The van der Waals surface area contributed by atoms with Gasteiger partial charge in [0.25, 0.3) is 0 Å². The molecule has 0 bridgehead atoms. The minimum atomic E-state index is -0.850. The van der Waals surface area contributed by atoms with Crippen molar-refractivity contribution in [3.8, 4) is 0 Å². The molecule has 0 saturated heterocycles.